The summed E-state index contributed by atoms with van der Waals surface area (Å²) in [5.41, 5.74) is 0.874. The second kappa shape index (κ2) is 9.22. The number of carbonyl (C=O) groups is 2. The Bertz CT molecular complexity index is 934. The van der Waals surface area contributed by atoms with Crippen LogP contribution in [0, 0.1) is 0 Å². The van der Waals surface area contributed by atoms with E-state index in [9.17, 15) is 14.4 Å². The van der Waals surface area contributed by atoms with Crippen molar-refractivity contribution >= 4 is 12.0 Å². The molecule has 1 aromatic heterocycles. The van der Waals surface area contributed by atoms with E-state index in [1.54, 1.807) is 29.9 Å². The fourth-order valence-corrected chi connectivity index (χ4v) is 3.15. The molecule has 1 aliphatic heterocycles. The van der Waals surface area contributed by atoms with Gasteiger partial charge in [-0.15, -0.1) is 0 Å². The molecule has 0 atom stereocenters. The number of hydrogen-bond acceptors (Lipinski definition) is 6. The maximum absolute atomic E-state index is 12.6. The van der Waals surface area contributed by atoms with E-state index in [1.807, 2.05) is 18.2 Å². The van der Waals surface area contributed by atoms with Crippen LogP contribution in [0.25, 0.3) is 11.3 Å². The van der Waals surface area contributed by atoms with Gasteiger partial charge >= 0.3 is 6.09 Å². The van der Waals surface area contributed by atoms with Crippen LogP contribution >= 0.6 is 0 Å². The molecular weight excluding hydrogens is 376 g/mol. The van der Waals surface area contributed by atoms with Gasteiger partial charge in [-0.05, 0) is 19.1 Å². The van der Waals surface area contributed by atoms with Crippen molar-refractivity contribution in [2.45, 2.75) is 13.5 Å². The molecule has 2 heterocycles. The number of nitrogens with zero attached hydrogens (tertiary/aromatic N) is 4. The van der Waals surface area contributed by atoms with Gasteiger partial charge in [0.2, 0.25) is 5.91 Å². The van der Waals surface area contributed by atoms with E-state index >= 15 is 0 Å². The predicted octanol–water partition coefficient (Wildman–Crippen LogP) is 1.22. The summed E-state index contributed by atoms with van der Waals surface area (Å²) in [4.78, 5) is 44.3. The van der Waals surface area contributed by atoms with Gasteiger partial charge in [0.15, 0.2) is 0 Å². The number of ether oxygens (including phenoxy) is 2. The van der Waals surface area contributed by atoms with E-state index in [0.717, 1.165) is 0 Å². The van der Waals surface area contributed by atoms with Crippen LogP contribution in [0.2, 0.25) is 0 Å². The zero-order chi connectivity index (χ0) is 20.8. The van der Waals surface area contributed by atoms with Gasteiger partial charge in [-0.1, -0.05) is 12.1 Å². The predicted molar refractivity (Wildman–Crippen MR) is 106 cm³/mol. The lowest BCUT2D eigenvalue weighted by Crippen LogP contribution is -2.51. The lowest BCUT2D eigenvalue weighted by molar-refractivity contribution is -0.133. The molecule has 0 saturated carbocycles. The summed E-state index contributed by atoms with van der Waals surface area (Å²) in [6, 6.07) is 8.68. The molecule has 1 fully saturated rings. The van der Waals surface area contributed by atoms with Crippen molar-refractivity contribution < 1.29 is 19.1 Å². The first-order valence-electron chi connectivity index (χ1n) is 9.42. The molecule has 9 heteroatoms. The fraction of sp³-hybridized carbons (Fsp3) is 0.400. The number of benzene rings is 1. The van der Waals surface area contributed by atoms with E-state index in [2.05, 4.69) is 4.98 Å². The van der Waals surface area contributed by atoms with E-state index < -0.39 is 0 Å². The Morgan fingerprint density at radius 3 is 2.45 bits per heavy atom. The molecule has 0 radical (unpaired) electrons. The Morgan fingerprint density at radius 1 is 1.10 bits per heavy atom. The topological polar surface area (TPSA) is 94.0 Å². The van der Waals surface area contributed by atoms with Crippen LogP contribution in [0.1, 0.15) is 6.92 Å². The molecule has 0 unspecified atom stereocenters. The van der Waals surface area contributed by atoms with Crippen LogP contribution in [0.4, 0.5) is 4.79 Å². The highest BCUT2D eigenvalue weighted by Crippen LogP contribution is 2.26. The summed E-state index contributed by atoms with van der Waals surface area (Å²) < 4.78 is 11.6. The number of rotatable bonds is 5. The minimum absolute atomic E-state index is 0.0998. The van der Waals surface area contributed by atoms with Gasteiger partial charge in [0.25, 0.3) is 5.56 Å². The molecule has 9 nitrogen and oxygen atoms in total. The third-order valence-electron chi connectivity index (χ3n) is 4.73. The quantitative estimate of drug-likeness (QED) is 0.749. The average Bonchev–Trinajstić information content (AvgIpc) is 2.75. The molecule has 0 spiro atoms. The summed E-state index contributed by atoms with van der Waals surface area (Å²) in [5.74, 6) is 0.426. The largest absolute Gasteiger partial charge is 0.496 e. The van der Waals surface area contributed by atoms with Gasteiger partial charge in [-0.2, -0.15) is 0 Å². The van der Waals surface area contributed by atoms with Crippen molar-refractivity contribution in [1.82, 2.24) is 19.4 Å². The van der Waals surface area contributed by atoms with Gasteiger partial charge < -0.3 is 19.3 Å². The number of amides is 2. The van der Waals surface area contributed by atoms with E-state index in [4.69, 9.17) is 9.47 Å². The summed E-state index contributed by atoms with van der Waals surface area (Å²) in [5, 5.41) is 0. The summed E-state index contributed by atoms with van der Waals surface area (Å²) in [6.07, 6.45) is 1.00. The zero-order valence-corrected chi connectivity index (χ0v) is 16.5. The van der Waals surface area contributed by atoms with E-state index in [0.29, 0.717) is 49.8 Å². The van der Waals surface area contributed by atoms with E-state index in [1.165, 1.54) is 17.0 Å². The third kappa shape index (κ3) is 4.74. The molecule has 0 N–H and O–H groups in total. The highest BCUT2D eigenvalue weighted by atomic mass is 16.6. The number of aromatic nitrogens is 2. The highest BCUT2D eigenvalue weighted by molar-refractivity contribution is 5.76. The molecule has 1 aliphatic rings. The minimum atomic E-state index is -0.369. The maximum atomic E-state index is 12.6. The molecule has 2 aromatic rings. The van der Waals surface area contributed by atoms with Crippen molar-refractivity contribution in [3.63, 3.8) is 0 Å². The van der Waals surface area contributed by atoms with Crippen LogP contribution in [-0.4, -0.2) is 71.2 Å². The summed E-state index contributed by atoms with van der Waals surface area (Å²) >= 11 is 0. The first-order valence-corrected chi connectivity index (χ1v) is 9.42. The molecule has 2 amide bonds. The Labute approximate surface area is 168 Å². The Balaban J connectivity index is 1.64. The second-order valence-electron chi connectivity index (χ2n) is 6.51. The van der Waals surface area contributed by atoms with Gasteiger partial charge in [0.1, 0.15) is 12.3 Å². The number of carbonyl (C=O) groups excluding carboxylic acids is 2. The smallest absolute Gasteiger partial charge is 0.409 e. The fourth-order valence-electron chi connectivity index (χ4n) is 3.15. The van der Waals surface area contributed by atoms with E-state index in [-0.39, 0.29) is 24.1 Å². The minimum Gasteiger partial charge on any atom is -0.496 e. The molecule has 0 aliphatic carbocycles. The molecule has 0 bridgehead atoms. The number of methoxy groups -OCH3 is 1. The number of piperazine rings is 1. The van der Waals surface area contributed by atoms with Gasteiger partial charge in [-0.3, -0.25) is 14.2 Å². The van der Waals surface area contributed by atoms with Crippen LogP contribution < -0.4 is 10.3 Å². The van der Waals surface area contributed by atoms with Gasteiger partial charge in [0.05, 0.1) is 25.7 Å². The highest BCUT2D eigenvalue weighted by Gasteiger charge is 2.25. The van der Waals surface area contributed by atoms with Crippen LogP contribution in [0.15, 0.2) is 41.5 Å². The SMILES string of the molecule is CCOC(=O)N1CCN(C(=O)Cn2cnc(-c3ccccc3OC)cc2=O)CC1. The van der Waals surface area contributed by atoms with Crippen molar-refractivity contribution in [2.24, 2.45) is 0 Å². The second-order valence-corrected chi connectivity index (χ2v) is 6.51. The number of para-hydroxylation sites is 1. The molecular formula is C20H24N4O5. The monoisotopic (exact) mass is 400 g/mol. The van der Waals surface area contributed by atoms with Gasteiger partial charge in [-0.25, -0.2) is 9.78 Å². The molecule has 1 aromatic carbocycles. The van der Waals surface area contributed by atoms with Crippen molar-refractivity contribution in [3.8, 4) is 17.0 Å². The normalized spacial score (nSPS) is 13.9. The molecule has 3 rings (SSSR count). The third-order valence-corrected chi connectivity index (χ3v) is 4.73. The van der Waals surface area contributed by atoms with Crippen molar-refractivity contribution in [3.05, 3.63) is 47.0 Å². The maximum Gasteiger partial charge on any atom is 0.409 e. The lowest BCUT2D eigenvalue weighted by atomic mass is 10.1. The van der Waals surface area contributed by atoms with Crippen molar-refractivity contribution in [1.29, 1.82) is 0 Å². The average molecular weight is 400 g/mol. The Morgan fingerprint density at radius 2 is 1.79 bits per heavy atom. The van der Waals surface area contributed by atoms with Crippen LogP contribution in [0.3, 0.4) is 0 Å². The lowest BCUT2D eigenvalue weighted by Gasteiger charge is -2.34. The van der Waals surface area contributed by atoms with Crippen LogP contribution in [-0.2, 0) is 16.1 Å². The van der Waals surface area contributed by atoms with Crippen molar-refractivity contribution in [2.75, 3.05) is 39.9 Å². The molecule has 154 valence electrons. The van der Waals surface area contributed by atoms with Gasteiger partial charge in [0, 0.05) is 37.8 Å². The number of hydrogen-bond donors (Lipinski definition) is 0. The summed E-state index contributed by atoms with van der Waals surface area (Å²) in [7, 11) is 1.56. The van der Waals surface area contributed by atoms with Crippen LogP contribution in [0.5, 0.6) is 5.75 Å². The zero-order valence-electron chi connectivity index (χ0n) is 16.5. The Hall–Kier alpha value is -3.36. The molecule has 1 saturated heterocycles. The summed E-state index contributed by atoms with van der Waals surface area (Å²) in [6.45, 7) is 3.59. The standard InChI is InChI=1S/C20H24N4O5/c1-3-29-20(27)23-10-8-22(9-11-23)19(26)13-24-14-21-16(12-18(24)25)15-6-4-5-7-17(15)28-2/h4-7,12,14H,3,8-11,13H2,1-2H3. The first kappa shape index (κ1) is 20.4. The first-order chi connectivity index (χ1) is 14.0. The Kier molecular flexibility index (Phi) is 6.48. The molecule has 29 heavy (non-hydrogen) atoms.